The van der Waals surface area contributed by atoms with E-state index in [2.05, 4.69) is 9.97 Å². The number of fused-ring (bicyclic) bond motifs is 1. The zero-order chi connectivity index (χ0) is 19.0. The quantitative estimate of drug-likeness (QED) is 0.765. The molecule has 0 aliphatic carbocycles. The third kappa shape index (κ3) is 3.25. The molecule has 1 atom stereocenters. The number of benzene rings is 1. The first-order valence-corrected chi connectivity index (χ1v) is 8.33. The van der Waals surface area contributed by atoms with Crippen LogP contribution in [0, 0.1) is 0 Å². The van der Waals surface area contributed by atoms with E-state index in [-0.39, 0.29) is 18.0 Å². The lowest BCUT2D eigenvalue weighted by molar-refractivity contribution is 0.104. The molecule has 1 aliphatic heterocycles. The van der Waals surface area contributed by atoms with E-state index in [9.17, 15) is 18.4 Å². The number of nitrogens with zero attached hydrogens (tertiary/aromatic N) is 2. The fourth-order valence-electron chi connectivity index (χ4n) is 3.09. The summed E-state index contributed by atoms with van der Waals surface area (Å²) in [6.45, 7) is -0.369. The minimum absolute atomic E-state index is 0.0963. The fourth-order valence-corrected chi connectivity index (χ4v) is 3.09. The molecule has 1 fully saturated rings. The maximum absolute atomic E-state index is 13.0. The van der Waals surface area contributed by atoms with Gasteiger partial charge in [-0.2, -0.15) is 0 Å². The molecule has 27 heavy (non-hydrogen) atoms. The summed E-state index contributed by atoms with van der Waals surface area (Å²) in [6, 6.07) is 11.1. The molecule has 1 unspecified atom stereocenters. The summed E-state index contributed by atoms with van der Waals surface area (Å²) in [6.07, 6.45) is -1.77. The lowest BCUT2D eigenvalue weighted by Crippen LogP contribution is -2.39. The van der Waals surface area contributed by atoms with Gasteiger partial charge >= 0.3 is 6.09 Å². The van der Waals surface area contributed by atoms with E-state index in [0.29, 0.717) is 12.0 Å². The van der Waals surface area contributed by atoms with Crippen LogP contribution < -0.4 is 10.5 Å². The van der Waals surface area contributed by atoms with Crippen molar-refractivity contribution in [2.75, 3.05) is 11.5 Å². The smallest absolute Gasteiger partial charge is 0.416 e. The molecule has 138 valence electrons. The highest BCUT2D eigenvalue weighted by Crippen LogP contribution is 2.25. The molecule has 1 aliphatic rings. The highest BCUT2D eigenvalue weighted by Gasteiger charge is 2.40. The summed E-state index contributed by atoms with van der Waals surface area (Å²) < 4.78 is 30.8. The molecule has 1 aromatic carbocycles. The molecule has 1 amide bonds. The normalized spacial score (nSPS) is 16.9. The first-order chi connectivity index (χ1) is 13.0. The van der Waals surface area contributed by atoms with Gasteiger partial charge in [-0.05, 0) is 29.1 Å². The van der Waals surface area contributed by atoms with Crippen LogP contribution in [0.4, 0.5) is 19.4 Å². The van der Waals surface area contributed by atoms with Gasteiger partial charge in [-0.15, -0.1) is 0 Å². The number of aromatic nitrogens is 2. The molecule has 4 rings (SSSR count). The van der Waals surface area contributed by atoms with Gasteiger partial charge in [0.05, 0.1) is 0 Å². The van der Waals surface area contributed by atoms with Crippen LogP contribution in [0.2, 0.25) is 0 Å². The van der Waals surface area contributed by atoms with E-state index in [1.807, 2.05) is 30.3 Å². The Hall–Kier alpha value is -3.29. The number of hydrogen-bond acceptors (Lipinski definition) is 4. The van der Waals surface area contributed by atoms with Crippen LogP contribution in [0.5, 0.6) is 0 Å². The van der Waals surface area contributed by atoms with Crippen molar-refractivity contribution >= 4 is 22.8 Å². The molecule has 1 saturated heterocycles. The summed E-state index contributed by atoms with van der Waals surface area (Å²) in [4.78, 5) is 31.8. The summed E-state index contributed by atoms with van der Waals surface area (Å²) in [5.41, 5.74) is 1.85. The van der Waals surface area contributed by atoms with E-state index >= 15 is 0 Å². The van der Waals surface area contributed by atoms with Gasteiger partial charge in [0.2, 0.25) is 0 Å². The molecule has 8 heteroatoms. The topological polar surface area (TPSA) is 75.3 Å². The monoisotopic (exact) mass is 371 g/mol. The van der Waals surface area contributed by atoms with Crippen LogP contribution in [0.15, 0.2) is 53.5 Å². The Kier molecular flexibility index (Phi) is 4.31. The van der Waals surface area contributed by atoms with Gasteiger partial charge in [-0.3, -0.25) is 4.79 Å². The van der Waals surface area contributed by atoms with Crippen LogP contribution in [-0.4, -0.2) is 35.1 Å². The van der Waals surface area contributed by atoms with Crippen molar-refractivity contribution in [3.63, 3.8) is 0 Å². The molecule has 0 bridgehead atoms. The van der Waals surface area contributed by atoms with E-state index in [1.54, 1.807) is 6.07 Å². The van der Waals surface area contributed by atoms with Crippen molar-refractivity contribution in [2.24, 2.45) is 0 Å². The highest BCUT2D eigenvalue weighted by molar-refractivity contribution is 5.89. The number of carbonyl (C=O) groups excluding carboxylic acids is 1. The third-order valence-electron chi connectivity index (χ3n) is 4.48. The first kappa shape index (κ1) is 17.1. The average Bonchev–Trinajstić information content (AvgIpc) is 3.05. The largest absolute Gasteiger partial charge is 0.447 e. The second-order valence-electron chi connectivity index (χ2n) is 6.26. The molecular weight excluding hydrogens is 356 g/mol. The number of alkyl halides is 2. The minimum Gasteiger partial charge on any atom is -0.447 e. The van der Waals surface area contributed by atoms with Crippen molar-refractivity contribution in [3.05, 3.63) is 70.1 Å². The second-order valence-corrected chi connectivity index (χ2v) is 6.26. The fraction of sp³-hybridized carbons (Fsp3) is 0.211. The Balaban J connectivity index is 1.59. The predicted octanol–water partition coefficient (Wildman–Crippen LogP) is 3.10. The molecule has 0 radical (unpaired) electrons. The Labute approximate surface area is 152 Å². The number of ether oxygens (including phenoxy) is 1. The Bertz CT molecular complexity index is 1050. The van der Waals surface area contributed by atoms with E-state index in [1.165, 1.54) is 12.3 Å². The van der Waals surface area contributed by atoms with Crippen molar-refractivity contribution < 1.29 is 18.3 Å². The predicted molar refractivity (Wildman–Crippen MR) is 95.2 cm³/mol. The molecule has 3 heterocycles. The standard InChI is InChI=1S/C19H15F2N3O3/c20-17(21)15-10-27-19(26)24(15)16-6-5-11(9-22-16)7-13-8-12-3-1-2-4-14(12)23-18(13)25/h1-6,8-9,15,17H,7,10H2,(H,23,25). The van der Waals surface area contributed by atoms with Crippen LogP contribution in [-0.2, 0) is 11.2 Å². The van der Waals surface area contributed by atoms with Gasteiger partial charge in [0.1, 0.15) is 18.5 Å². The second kappa shape index (κ2) is 6.79. The number of anilines is 1. The van der Waals surface area contributed by atoms with Crippen molar-refractivity contribution in [1.82, 2.24) is 9.97 Å². The Morgan fingerprint density at radius 2 is 2.04 bits per heavy atom. The molecule has 3 aromatic rings. The zero-order valence-electron chi connectivity index (χ0n) is 14.1. The van der Waals surface area contributed by atoms with Crippen LogP contribution in [0.3, 0.4) is 0 Å². The number of pyridine rings is 2. The molecule has 0 saturated carbocycles. The van der Waals surface area contributed by atoms with Gasteiger partial charge in [0.15, 0.2) is 0 Å². The number of nitrogens with one attached hydrogen (secondary N) is 1. The number of hydrogen-bond donors (Lipinski definition) is 1. The minimum atomic E-state index is -2.73. The van der Waals surface area contributed by atoms with Crippen molar-refractivity contribution in [3.8, 4) is 0 Å². The first-order valence-electron chi connectivity index (χ1n) is 8.33. The summed E-state index contributed by atoms with van der Waals surface area (Å²) in [5, 5.41) is 0.913. The van der Waals surface area contributed by atoms with Gasteiger partial charge < -0.3 is 9.72 Å². The number of aromatic amines is 1. The lowest BCUT2D eigenvalue weighted by atomic mass is 10.1. The van der Waals surface area contributed by atoms with Gasteiger partial charge in [-0.25, -0.2) is 23.5 Å². The average molecular weight is 371 g/mol. The number of cyclic esters (lactones) is 1. The van der Waals surface area contributed by atoms with Gasteiger partial charge in [-0.1, -0.05) is 24.3 Å². The van der Waals surface area contributed by atoms with E-state index < -0.39 is 18.6 Å². The lowest BCUT2D eigenvalue weighted by Gasteiger charge is -2.19. The number of H-pyrrole nitrogens is 1. The zero-order valence-corrected chi connectivity index (χ0v) is 14.1. The van der Waals surface area contributed by atoms with Crippen LogP contribution >= 0.6 is 0 Å². The summed E-state index contributed by atoms with van der Waals surface area (Å²) in [5.74, 6) is 0.0963. The number of amides is 1. The van der Waals surface area contributed by atoms with E-state index in [0.717, 1.165) is 21.4 Å². The molecular formula is C19H15F2N3O3. The molecule has 2 aromatic heterocycles. The Morgan fingerprint density at radius 1 is 1.22 bits per heavy atom. The number of halogens is 2. The van der Waals surface area contributed by atoms with Crippen molar-refractivity contribution in [1.29, 1.82) is 0 Å². The molecule has 1 N–H and O–H groups in total. The van der Waals surface area contributed by atoms with Crippen LogP contribution in [0.1, 0.15) is 11.1 Å². The molecule has 6 nitrogen and oxygen atoms in total. The summed E-state index contributed by atoms with van der Waals surface area (Å²) in [7, 11) is 0. The number of para-hydroxylation sites is 1. The van der Waals surface area contributed by atoms with Gasteiger partial charge in [0.25, 0.3) is 12.0 Å². The van der Waals surface area contributed by atoms with Crippen LogP contribution in [0.25, 0.3) is 10.9 Å². The summed E-state index contributed by atoms with van der Waals surface area (Å²) >= 11 is 0. The maximum atomic E-state index is 13.0. The van der Waals surface area contributed by atoms with Gasteiger partial charge in [0, 0.05) is 23.7 Å². The highest BCUT2D eigenvalue weighted by atomic mass is 19.3. The van der Waals surface area contributed by atoms with E-state index in [4.69, 9.17) is 4.74 Å². The van der Waals surface area contributed by atoms with Crippen molar-refractivity contribution in [2.45, 2.75) is 18.9 Å². The third-order valence-corrected chi connectivity index (χ3v) is 4.48. The number of carbonyl (C=O) groups is 1. The molecule has 0 spiro atoms. The number of rotatable bonds is 4. The Morgan fingerprint density at radius 3 is 2.78 bits per heavy atom. The SMILES string of the molecule is O=C1OCC(C(F)F)N1c1ccc(Cc2cc3ccccc3[nH]c2=O)cn1. The maximum Gasteiger partial charge on any atom is 0.416 e.